The molecule has 6 aromatic rings. The Hall–Kier alpha value is -4.63. The van der Waals surface area contributed by atoms with E-state index >= 15 is 4.48 Å². The van der Waals surface area contributed by atoms with Crippen LogP contribution < -0.4 is 4.53 Å². The van der Waals surface area contributed by atoms with Gasteiger partial charge in [-0.3, -0.25) is 9.97 Å². The fourth-order valence-corrected chi connectivity index (χ4v) is 5.27. The fraction of sp³-hybridized carbons (Fsp3) is 0. The van der Waals surface area contributed by atoms with E-state index in [9.17, 15) is 8.42 Å². The molecule has 0 N–H and O–H groups in total. The van der Waals surface area contributed by atoms with Crippen LogP contribution in [0, 0.1) is 0 Å². The lowest BCUT2D eigenvalue weighted by Gasteiger charge is -2.15. The summed E-state index contributed by atoms with van der Waals surface area (Å²) in [4.78, 5) is 8.45. The maximum absolute atomic E-state index is 15.1. The third-order valence-corrected chi connectivity index (χ3v) is 7.47. The number of hydrogen-bond donors (Lipinski definition) is 0. The van der Waals surface area contributed by atoms with Crippen LogP contribution in [-0.2, 0) is 10.0 Å². The molecule has 0 unspecified atom stereocenters. The van der Waals surface area contributed by atoms with E-state index in [2.05, 4.69) is 15.1 Å². The second kappa shape index (κ2) is 8.54. The van der Waals surface area contributed by atoms with Crippen molar-refractivity contribution in [1.29, 1.82) is 0 Å². The molecular formula is C27H18FN5O2S. The van der Waals surface area contributed by atoms with Gasteiger partial charge in [-0.05, 0) is 59.7 Å². The minimum Gasteiger partial charge on any atom is -0.262 e. The van der Waals surface area contributed by atoms with E-state index < -0.39 is 10.0 Å². The molecule has 0 spiro atoms. The van der Waals surface area contributed by atoms with E-state index in [0.29, 0.717) is 5.56 Å². The highest BCUT2D eigenvalue weighted by molar-refractivity contribution is 7.92. The molecule has 2 aromatic carbocycles. The summed E-state index contributed by atoms with van der Waals surface area (Å²) in [5.41, 5.74) is 4.77. The minimum absolute atomic E-state index is 0.146. The molecule has 4 aromatic heterocycles. The van der Waals surface area contributed by atoms with Crippen LogP contribution in [0.25, 0.3) is 38.7 Å². The molecule has 0 fully saturated rings. The number of rotatable bonds is 5. The number of sulfonamides is 1. The molecule has 0 aliphatic heterocycles. The van der Waals surface area contributed by atoms with Crippen LogP contribution in [0.15, 0.2) is 115 Å². The van der Waals surface area contributed by atoms with Gasteiger partial charge in [0, 0.05) is 35.1 Å². The van der Waals surface area contributed by atoms with Crippen LogP contribution in [-0.4, -0.2) is 28.0 Å². The molecule has 36 heavy (non-hydrogen) atoms. The molecule has 6 rings (SSSR count). The first-order chi connectivity index (χ1) is 17.5. The van der Waals surface area contributed by atoms with E-state index in [0.717, 1.165) is 33.1 Å². The summed E-state index contributed by atoms with van der Waals surface area (Å²) in [6, 6.07) is 22.4. The molecule has 7 nitrogen and oxygen atoms in total. The van der Waals surface area contributed by atoms with Crippen LogP contribution in [0.1, 0.15) is 0 Å². The highest BCUT2D eigenvalue weighted by atomic mass is 32.2. The van der Waals surface area contributed by atoms with Gasteiger partial charge in [-0.1, -0.05) is 39.3 Å². The maximum atomic E-state index is 15.1. The summed E-state index contributed by atoms with van der Waals surface area (Å²) in [7, 11) is -4.38. The number of fused-ring (bicyclic) bond motifs is 2. The highest BCUT2D eigenvalue weighted by Gasteiger charge is 2.25. The van der Waals surface area contributed by atoms with E-state index in [4.69, 9.17) is 0 Å². The predicted molar refractivity (Wildman–Crippen MR) is 136 cm³/mol. The first-order valence-corrected chi connectivity index (χ1v) is 12.5. The number of anilines is 1. The van der Waals surface area contributed by atoms with Gasteiger partial charge in [-0.15, -0.1) is 0 Å². The Morgan fingerprint density at radius 3 is 2.50 bits per heavy atom. The minimum atomic E-state index is -4.38. The molecular weight excluding hydrogens is 477 g/mol. The Morgan fingerprint density at radius 2 is 1.64 bits per heavy atom. The lowest BCUT2D eigenvalue weighted by molar-refractivity contribution is 0.495. The summed E-state index contributed by atoms with van der Waals surface area (Å²) in [5, 5.41) is 5.33. The van der Waals surface area contributed by atoms with Crippen molar-refractivity contribution in [3.05, 3.63) is 110 Å². The van der Waals surface area contributed by atoms with E-state index in [-0.39, 0.29) is 15.1 Å². The average Bonchev–Trinajstić information content (AvgIpc) is 3.36. The third kappa shape index (κ3) is 3.66. The SMILES string of the molecule is O=S(=O)(c1ccccc1)N(F)c1cncc(-c2ccc3nccc(-c4cnn5ccccc45)c3c2)c1. The lowest BCUT2D eigenvalue weighted by Crippen LogP contribution is -2.22. The monoisotopic (exact) mass is 495 g/mol. The van der Waals surface area contributed by atoms with Gasteiger partial charge in [-0.25, -0.2) is 4.52 Å². The van der Waals surface area contributed by atoms with Crippen molar-refractivity contribution in [2.45, 2.75) is 4.90 Å². The van der Waals surface area contributed by atoms with Crippen molar-refractivity contribution in [3.63, 3.8) is 0 Å². The van der Waals surface area contributed by atoms with Crippen LogP contribution in [0.2, 0.25) is 0 Å². The molecule has 0 aliphatic rings. The molecule has 0 amide bonds. The van der Waals surface area contributed by atoms with E-state index in [1.807, 2.05) is 59.4 Å². The quantitative estimate of drug-likeness (QED) is 0.287. The first-order valence-electron chi connectivity index (χ1n) is 11.1. The topological polar surface area (TPSA) is 80.5 Å². The van der Waals surface area contributed by atoms with Crippen molar-refractivity contribution in [2.75, 3.05) is 4.53 Å². The molecule has 0 bridgehead atoms. The number of hydrogen-bond acceptors (Lipinski definition) is 5. The second-order valence-corrected chi connectivity index (χ2v) is 9.89. The zero-order valence-electron chi connectivity index (χ0n) is 18.7. The standard InChI is InChI=1S/C27H18FN5O2S/c28-33(36(34,35)22-6-2-1-3-7-22)21-14-20(16-29-17-21)19-9-10-26-24(15-19)23(11-12-30-26)25-18-31-32-13-5-4-8-27(25)32/h1-18H. The third-order valence-electron chi connectivity index (χ3n) is 5.97. The Balaban J connectivity index is 1.44. The Labute approximate surface area is 206 Å². The molecule has 9 heteroatoms. The summed E-state index contributed by atoms with van der Waals surface area (Å²) < 4.78 is 42.2. The number of benzene rings is 2. The predicted octanol–water partition coefficient (Wildman–Crippen LogP) is 5.69. The van der Waals surface area contributed by atoms with Gasteiger partial charge in [0.05, 0.1) is 28.3 Å². The van der Waals surface area contributed by atoms with Gasteiger partial charge in [0.15, 0.2) is 0 Å². The zero-order valence-corrected chi connectivity index (χ0v) is 19.5. The molecule has 0 saturated heterocycles. The van der Waals surface area contributed by atoms with Gasteiger partial charge in [0.25, 0.3) is 10.0 Å². The number of aromatic nitrogens is 4. The fourth-order valence-electron chi connectivity index (χ4n) is 4.21. The van der Waals surface area contributed by atoms with Gasteiger partial charge < -0.3 is 0 Å². The highest BCUT2D eigenvalue weighted by Crippen LogP contribution is 2.34. The largest absolute Gasteiger partial charge is 0.290 e. The smallest absolute Gasteiger partial charge is 0.262 e. The molecule has 0 saturated carbocycles. The molecule has 0 radical (unpaired) electrons. The van der Waals surface area contributed by atoms with Crippen molar-refractivity contribution in [3.8, 4) is 22.3 Å². The van der Waals surface area contributed by atoms with Crippen molar-refractivity contribution in [2.24, 2.45) is 0 Å². The summed E-state index contributed by atoms with van der Waals surface area (Å²) in [6.07, 6.45) is 8.20. The molecule has 176 valence electrons. The summed E-state index contributed by atoms with van der Waals surface area (Å²) in [6.45, 7) is 0. The average molecular weight is 496 g/mol. The van der Waals surface area contributed by atoms with Gasteiger partial charge in [0.1, 0.15) is 5.69 Å². The number of nitrogens with zero attached hydrogens (tertiary/aromatic N) is 5. The molecule has 0 atom stereocenters. The van der Waals surface area contributed by atoms with Crippen molar-refractivity contribution in [1.82, 2.24) is 19.6 Å². The van der Waals surface area contributed by atoms with Crippen LogP contribution >= 0.6 is 0 Å². The van der Waals surface area contributed by atoms with Gasteiger partial charge in [0.2, 0.25) is 0 Å². The number of halogens is 1. The number of pyridine rings is 3. The Kier molecular flexibility index (Phi) is 5.19. The normalized spacial score (nSPS) is 11.7. The van der Waals surface area contributed by atoms with Crippen LogP contribution in [0.3, 0.4) is 0 Å². The molecule has 0 aliphatic carbocycles. The van der Waals surface area contributed by atoms with Gasteiger partial charge >= 0.3 is 0 Å². The van der Waals surface area contributed by atoms with Crippen molar-refractivity contribution < 1.29 is 12.9 Å². The lowest BCUT2D eigenvalue weighted by atomic mass is 9.98. The van der Waals surface area contributed by atoms with Crippen LogP contribution in [0.4, 0.5) is 10.2 Å². The van der Waals surface area contributed by atoms with Crippen molar-refractivity contribution >= 4 is 32.1 Å². The maximum Gasteiger partial charge on any atom is 0.290 e. The second-order valence-electron chi connectivity index (χ2n) is 8.14. The summed E-state index contributed by atoms with van der Waals surface area (Å²) >= 11 is 0. The van der Waals surface area contributed by atoms with E-state index in [1.54, 1.807) is 30.6 Å². The Morgan fingerprint density at radius 1 is 0.806 bits per heavy atom. The van der Waals surface area contributed by atoms with E-state index in [1.165, 1.54) is 24.4 Å². The van der Waals surface area contributed by atoms with Crippen LogP contribution in [0.5, 0.6) is 0 Å². The summed E-state index contributed by atoms with van der Waals surface area (Å²) in [5.74, 6) is 0. The zero-order chi connectivity index (χ0) is 24.7. The Bertz CT molecular complexity index is 1840. The first kappa shape index (κ1) is 21.9. The van der Waals surface area contributed by atoms with Gasteiger partial charge in [-0.2, -0.15) is 13.5 Å². The molecule has 4 heterocycles.